The lowest BCUT2D eigenvalue weighted by molar-refractivity contribution is 0.0923. The average Bonchev–Trinajstić information content (AvgIpc) is 2.90. The number of rotatable bonds is 5. The van der Waals surface area contributed by atoms with E-state index in [1.165, 1.54) is 11.3 Å². The molecule has 4 heteroatoms. The zero-order valence-electron chi connectivity index (χ0n) is 9.38. The van der Waals surface area contributed by atoms with Crippen LogP contribution in [0.15, 0.2) is 41.8 Å². The Morgan fingerprint density at radius 3 is 2.59 bits per heavy atom. The highest BCUT2D eigenvalue weighted by atomic mass is 32.1. The minimum Gasteiger partial charge on any atom is -0.493 e. The molecule has 2 aromatic rings. The second kappa shape index (κ2) is 5.50. The number of thiophene rings is 1. The number of ketones is 1. The van der Waals surface area contributed by atoms with Crippen molar-refractivity contribution in [3.05, 3.63) is 46.7 Å². The molecule has 17 heavy (non-hydrogen) atoms. The minimum atomic E-state index is -0.0223. The van der Waals surface area contributed by atoms with Gasteiger partial charge in [-0.2, -0.15) is 0 Å². The van der Waals surface area contributed by atoms with Crippen molar-refractivity contribution in [1.29, 1.82) is 0 Å². The maximum Gasteiger partial charge on any atom is 0.210 e. The van der Waals surface area contributed by atoms with Crippen LogP contribution >= 0.6 is 11.3 Å². The molecule has 0 saturated carbocycles. The summed E-state index contributed by atoms with van der Waals surface area (Å²) in [6, 6.07) is 10.9. The van der Waals surface area contributed by atoms with Crippen LogP contribution in [0.25, 0.3) is 0 Å². The molecule has 0 aliphatic rings. The van der Waals surface area contributed by atoms with E-state index in [1.54, 1.807) is 25.3 Å². The topological polar surface area (TPSA) is 35.5 Å². The van der Waals surface area contributed by atoms with E-state index in [-0.39, 0.29) is 12.4 Å². The van der Waals surface area contributed by atoms with E-state index in [9.17, 15) is 4.79 Å². The van der Waals surface area contributed by atoms with Crippen LogP contribution < -0.4 is 9.47 Å². The van der Waals surface area contributed by atoms with Gasteiger partial charge in [0, 0.05) is 0 Å². The van der Waals surface area contributed by atoms with Crippen LogP contribution in [0.1, 0.15) is 9.67 Å². The van der Waals surface area contributed by atoms with Gasteiger partial charge in [0.2, 0.25) is 5.78 Å². The number of para-hydroxylation sites is 2. The standard InChI is InChI=1S/C13H12O3S/c1-15-11-5-2-3-6-12(11)16-9-10(14)13-7-4-8-17-13/h2-8H,9H2,1H3. The van der Waals surface area contributed by atoms with Gasteiger partial charge in [-0.05, 0) is 23.6 Å². The Morgan fingerprint density at radius 1 is 1.18 bits per heavy atom. The molecule has 0 spiro atoms. The summed E-state index contributed by atoms with van der Waals surface area (Å²) in [7, 11) is 1.57. The van der Waals surface area contributed by atoms with Gasteiger partial charge >= 0.3 is 0 Å². The summed E-state index contributed by atoms with van der Waals surface area (Å²) in [5.41, 5.74) is 0. The predicted octanol–water partition coefficient (Wildman–Crippen LogP) is 3.02. The van der Waals surface area contributed by atoms with Crippen molar-refractivity contribution in [1.82, 2.24) is 0 Å². The van der Waals surface area contributed by atoms with Gasteiger partial charge in [0.25, 0.3) is 0 Å². The lowest BCUT2D eigenvalue weighted by atomic mass is 10.3. The quantitative estimate of drug-likeness (QED) is 0.763. The Hall–Kier alpha value is -1.81. The zero-order chi connectivity index (χ0) is 12.1. The smallest absolute Gasteiger partial charge is 0.210 e. The van der Waals surface area contributed by atoms with Crippen LogP contribution in [0.3, 0.4) is 0 Å². The molecule has 1 heterocycles. The number of hydrogen-bond acceptors (Lipinski definition) is 4. The van der Waals surface area contributed by atoms with E-state index in [4.69, 9.17) is 9.47 Å². The fourth-order valence-electron chi connectivity index (χ4n) is 1.39. The molecule has 1 aromatic heterocycles. The molecule has 0 amide bonds. The maximum atomic E-state index is 11.7. The van der Waals surface area contributed by atoms with Gasteiger partial charge < -0.3 is 9.47 Å². The molecule has 0 radical (unpaired) electrons. The lowest BCUT2D eigenvalue weighted by Gasteiger charge is -2.08. The Bertz CT molecular complexity index is 491. The molecule has 2 rings (SSSR count). The lowest BCUT2D eigenvalue weighted by Crippen LogP contribution is -2.10. The molecule has 0 aliphatic carbocycles. The number of carbonyl (C=O) groups excluding carboxylic acids is 1. The highest BCUT2D eigenvalue weighted by Crippen LogP contribution is 2.25. The van der Waals surface area contributed by atoms with E-state index in [1.807, 2.05) is 23.6 Å². The number of ether oxygens (including phenoxy) is 2. The zero-order valence-corrected chi connectivity index (χ0v) is 10.2. The number of carbonyl (C=O) groups is 1. The molecular weight excluding hydrogens is 236 g/mol. The Balaban J connectivity index is 2.00. The summed E-state index contributed by atoms with van der Waals surface area (Å²) in [6.45, 7) is 0.0287. The van der Waals surface area contributed by atoms with Crippen molar-refractivity contribution < 1.29 is 14.3 Å². The van der Waals surface area contributed by atoms with Crippen molar-refractivity contribution >= 4 is 17.1 Å². The van der Waals surface area contributed by atoms with Crippen molar-refractivity contribution in [2.75, 3.05) is 13.7 Å². The first-order valence-corrected chi connectivity index (χ1v) is 6.02. The van der Waals surface area contributed by atoms with E-state index >= 15 is 0 Å². The molecule has 0 aliphatic heterocycles. The Kier molecular flexibility index (Phi) is 3.77. The molecular formula is C13H12O3S. The van der Waals surface area contributed by atoms with E-state index in [2.05, 4.69) is 0 Å². The number of methoxy groups -OCH3 is 1. The number of Topliss-reactive ketones (excluding diaryl/α,β-unsaturated/α-hetero) is 1. The first-order chi connectivity index (χ1) is 8.31. The molecule has 88 valence electrons. The summed E-state index contributed by atoms with van der Waals surface area (Å²) in [5.74, 6) is 1.19. The van der Waals surface area contributed by atoms with Gasteiger partial charge in [-0.15, -0.1) is 11.3 Å². The molecule has 0 fully saturated rings. The average molecular weight is 248 g/mol. The maximum absolute atomic E-state index is 11.7. The van der Waals surface area contributed by atoms with Gasteiger partial charge in [-0.1, -0.05) is 18.2 Å². The second-order valence-corrected chi connectivity index (χ2v) is 4.29. The first-order valence-electron chi connectivity index (χ1n) is 5.14. The highest BCUT2D eigenvalue weighted by molar-refractivity contribution is 7.12. The van der Waals surface area contributed by atoms with E-state index in [0.29, 0.717) is 16.4 Å². The third-order valence-electron chi connectivity index (χ3n) is 2.22. The largest absolute Gasteiger partial charge is 0.493 e. The summed E-state index contributed by atoms with van der Waals surface area (Å²) >= 11 is 1.42. The van der Waals surface area contributed by atoms with Crippen molar-refractivity contribution in [2.24, 2.45) is 0 Å². The minimum absolute atomic E-state index is 0.0223. The van der Waals surface area contributed by atoms with Crippen molar-refractivity contribution in [3.8, 4) is 11.5 Å². The van der Waals surface area contributed by atoms with E-state index in [0.717, 1.165) is 0 Å². The summed E-state index contributed by atoms with van der Waals surface area (Å²) < 4.78 is 10.6. The van der Waals surface area contributed by atoms with Gasteiger partial charge in [0.15, 0.2) is 18.1 Å². The molecule has 0 saturated heterocycles. The highest BCUT2D eigenvalue weighted by Gasteiger charge is 2.09. The van der Waals surface area contributed by atoms with Gasteiger partial charge in [-0.3, -0.25) is 4.79 Å². The number of benzene rings is 1. The summed E-state index contributed by atoms with van der Waals surface area (Å²) in [6.07, 6.45) is 0. The van der Waals surface area contributed by atoms with Gasteiger partial charge in [0.1, 0.15) is 0 Å². The second-order valence-electron chi connectivity index (χ2n) is 3.34. The molecule has 3 nitrogen and oxygen atoms in total. The van der Waals surface area contributed by atoms with Crippen molar-refractivity contribution in [2.45, 2.75) is 0 Å². The predicted molar refractivity (Wildman–Crippen MR) is 67.1 cm³/mol. The summed E-state index contributed by atoms with van der Waals surface area (Å²) in [5, 5.41) is 1.87. The first kappa shape index (κ1) is 11.7. The van der Waals surface area contributed by atoms with Crippen LogP contribution in [-0.4, -0.2) is 19.5 Å². The van der Waals surface area contributed by atoms with E-state index < -0.39 is 0 Å². The molecule has 0 unspecified atom stereocenters. The van der Waals surface area contributed by atoms with Crippen LogP contribution in [0.4, 0.5) is 0 Å². The third kappa shape index (κ3) is 2.85. The van der Waals surface area contributed by atoms with Crippen LogP contribution in [0.2, 0.25) is 0 Å². The fourth-order valence-corrected chi connectivity index (χ4v) is 2.04. The van der Waals surface area contributed by atoms with Crippen LogP contribution in [-0.2, 0) is 0 Å². The Labute approximate surface area is 104 Å². The van der Waals surface area contributed by atoms with Crippen LogP contribution in [0, 0.1) is 0 Å². The third-order valence-corrected chi connectivity index (χ3v) is 3.13. The molecule has 0 bridgehead atoms. The fraction of sp³-hybridized carbons (Fsp3) is 0.154. The van der Waals surface area contributed by atoms with Gasteiger partial charge in [-0.25, -0.2) is 0 Å². The SMILES string of the molecule is COc1ccccc1OCC(=O)c1cccs1. The molecule has 0 N–H and O–H groups in total. The molecule has 0 atom stereocenters. The summed E-state index contributed by atoms with van der Waals surface area (Å²) in [4.78, 5) is 12.4. The van der Waals surface area contributed by atoms with Gasteiger partial charge in [0.05, 0.1) is 12.0 Å². The molecule has 1 aromatic carbocycles. The van der Waals surface area contributed by atoms with Crippen LogP contribution in [0.5, 0.6) is 11.5 Å². The number of hydrogen-bond donors (Lipinski definition) is 0. The Morgan fingerprint density at radius 2 is 1.94 bits per heavy atom. The normalized spacial score (nSPS) is 9.94. The van der Waals surface area contributed by atoms with Crippen molar-refractivity contribution in [3.63, 3.8) is 0 Å². The monoisotopic (exact) mass is 248 g/mol.